The number of fused-ring (bicyclic) bond motifs is 1. The predicted octanol–water partition coefficient (Wildman–Crippen LogP) is 5.05. The fourth-order valence-corrected chi connectivity index (χ4v) is 5.86. The number of carbonyl (C=O) groups is 1. The van der Waals surface area contributed by atoms with Crippen LogP contribution in [0.5, 0.6) is 0 Å². The summed E-state index contributed by atoms with van der Waals surface area (Å²) in [6, 6.07) is 11.1. The molecule has 0 N–H and O–H groups in total. The molecular formula is C23H26ClFN2O3S. The zero-order valence-corrected chi connectivity index (χ0v) is 19.5. The summed E-state index contributed by atoms with van der Waals surface area (Å²) < 4.78 is 42.3. The molecule has 0 aliphatic heterocycles. The minimum absolute atomic E-state index is 0.00679. The van der Waals surface area contributed by atoms with Crippen molar-refractivity contribution in [2.75, 3.05) is 0 Å². The summed E-state index contributed by atoms with van der Waals surface area (Å²) >= 11 is 6.05. The number of nitrogens with zero attached hydrogens (tertiary/aromatic N) is 2. The van der Waals surface area contributed by atoms with Crippen molar-refractivity contribution in [3.63, 3.8) is 0 Å². The van der Waals surface area contributed by atoms with Gasteiger partial charge in [-0.1, -0.05) is 35.9 Å². The third-order valence-electron chi connectivity index (χ3n) is 5.19. The fraction of sp³-hybridized carbons (Fsp3) is 0.348. The first-order valence-corrected chi connectivity index (χ1v) is 12.1. The van der Waals surface area contributed by atoms with Crippen molar-refractivity contribution in [1.29, 1.82) is 0 Å². The van der Waals surface area contributed by atoms with Gasteiger partial charge in [0.25, 0.3) is 0 Å². The van der Waals surface area contributed by atoms with E-state index in [-0.39, 0.29) is 40.0 Å². The molecule has 0 aliphatic carbocycles. The zero-order valence-electron chi connectivity index (χ0n) is 18.0. The molecule has 2 aromatic carbocycles. The molecule has 0 saturated heterocycles. The Morgan fingerprint density at radius 1 is 1.06 bits per heavy atom. The van der Waals surface area contributed by atoms with Gasteiger partial charge in [0.2, 0.25) is 5.91 Å². The summed E-state index contributed by atoms with van der Waals surface area (Å²) in [4.78, 5) is 14.8. The maximum absolute atomic E-state index is 14.2. The summed E-state index contributed by atoms with van der Waals surface area (Å²) in [5.41, 5.74) is 0.560. The van der Waals surface area contributed by atoms with Gasteiger partial charge in [0.05, 0.1) is 10.6 Å². The van der Waals surface area contributed by atoms with Gasteiger partial charge in [0.15, 0.2) is 9.84 Å². The van der Waals surface area contributed by atoms with E-state index in [9.17, 15) is 17.6 Å². The van der Waals surface area contributed by atoms with Gasteiger partial charge in [0, 0.05) is 39.8 Å². The lowest BCUT2D eigenvalue weighted by Crippen LogP contribution is -2.43. The average molecular weight is 465 g/mol. The normalized spacial score (nSPS) is 12.1. The number of hydrogen-bond acceptors (Lipinski definition) is 3. The van der Waals surface area contributed by atoms with Gasteiger partial charge >= 0.3 is 0 Å². The molecule has 0 unspecified atom stereocenters. The molecule has 1 aromatic heterocycles. The van der Waals surface area contributed by atoms with Crippen LogP contribution in [0.4, 0.5) is 4.39 Å². The van der Waals surface area contributed by atoms with E-state index in [1.165, 1.54) is 24.4 Å². The van der Waals surface area contributed by atoms with Crippen molar-refractivity contribution < 1.29 is 17.6 Å². The molecule has 3 rings (SSSR count). The molecule has 8 heteroatoms. The molecule has 0 radical (unpaired) electrons. The highest BCUT2D eigenvalue weighted by Gasteiger charge is 2.26. The van der Waals surface area contributed by atoms with Gasteiger partial charge in [-0.2, -0.15) is 0 Å². The van der Waals surface area contributed by atoms with Crippen LogP contribution in [0.25, 0.3) is 10.9 Å². The van der Waals surface area contributed by atoms with Gasteiger partial charge < -0.3 is 9.47 Å². The molecule has 1 amide bonds. The Morgan fingerprint density at radius 3 is 2.32 bits per heavy atom. The Kier molecular flexibility index (Phi) is 6.76. The van der Waals surface area contributed by atoms with E-state index in [0.717, 1.165) is 0 Å². The number of amides is 1. The molecule has 0 spiro atoms. The number of sulfone groups is 1. The number of hydrogen-bond donors (Lipinski definition) is 0. The lowest BCUT2D eigenvalue weighted by molar-refractivity contribution is -0.135. The van der Waals surface area contributed by atoms with Crippen molar-refractivity contribution in [2.45, 2.75) is 57.0 Å². The van der Waals surface area contributed by atoms with Gasteiger partial charge in [0.1, 0.15) is 12.4 Å². The van der Waals surface area contributed by atoms with E-state index in [1.54, 1.807) is 33.7 Å². The van der Waals surface area contributed by atoms with Crippen LogP contribution < -0.4 is 0 Å². The summed E-state index contributed by atoms with van der Waals surface area (Å²) in [6.45, 7) is 7.78. The molecule has 0 fully saturated rings. The molecule has 5 nitrogen and oxygen atoms in total. The Hall–Kier alpha value is -2.38. The fourth-order valence-electron chi connectivity index (χ4n) is 3.93. The highest BCUT2D eigenvalue weighted by atomic mass is 35.5. The van der Waals surface area contributed by atoms with Gasteiger partial charge in [-0.3, -0.25) is 4.79 Å². The van der Waals surface area contributed by atoms with Crippen molar-refractivity contribution in [3.8, 4) is 0 Å². The standard InChI is InChI=1S/C23H26ClFN2O3S/c1-15(2)27(16(3)4)23(28)13-26-12-22(17-8-5-6-11-21(17)26)31(29,30)14-18-19(24)9-7-10-20(18)25/h5-12,15-16H,13-14H2,1-4H3. The summed E-state index contributed by atoms with van der Waals surface area (Å²) in [5, 5.41) is 0.551. The van der Waals surface area contributed by atoms with Crippen molar-refractivity contribution in [1.82, 2.24) is 9.47 Å². The van der Waals surface area contributed by atoms with Crippen LogP contribution in [0.2, 0.25) is 5.02 Å². The van der Waals surface area contributed by atoms with Crippen molar-refractivity contribution in [3.05, 3.63) is 65.1 Å². The quantitative estimate of drug-likeness (QED) is 0.491. The van der Waals surface area contributed by atoms with E-state index in [4.69, 9.17) is 11.6 Å². The van der Waals surface area contributed by atoms with Crippen LogP contribution >= 0.6 is 11.6 Å². The average Bonchev–Trinajstić information content (AvgIpc) is 3.04. The third-order valence-corrected chi connectivity index (χ3v) is 7.21. The van der Waals surface area contributed by atoms with E-state index in [1.807, 2.05) is 27.7 Å². The van der Waals surface area contributed by atoms with Crippen LogP contribution in [0.15, 0.2) is 53.6 Å². The molecule has 0 atom stereocenters. The predicted molar refractivity (Wildman–Crippen MR) is 121 cm³/mol. The molecule has 166 valence electrons. The van der Waals surface area contributed by atoms with E-state index < -0.39 is 21.4 Å². The van der Waals surface area contributed by atoms with Gasteiger partial charge in [-0.05, 0) is 45.9 Å². The van der Waals surface area contributed by atoms with Crippen LogP contribution in [-0.2, 0) is 26.9 Å². The Morgan fingerprint density at radius 2 is 1.71 bits per heavy atom. The second kappa shape index (κ2) is 9.01. The first-order valence-electron chi connectivity index (χ1n) is 10.1. The minimum atomic E-state index is -3.92. The number of rotatable bonds is 7. The first kappa shape index (κ1) is 23.3. The first-order chi connectivity index (χ1) is 14.5. The summed E-state index contributed by atoms with van der Waals surface area (Å²) in [5.74, 6) is -1.34. The Bertz CT molecular complexity index is 1190. The van der Waals surface area contributed by atoms with Crippen LogP contribution in [0.1, 0.15) is 33.3 Å². The Labute approximate surface area is 187 Å². The number of aromatic nitrogens is 1. The largest absolute Gasteiger partial charge is 0.337 e. The van der Waals surface area contributed by atoms with E-state index in [2.05, 4.69) is 0 Å². The lowest BCUT2D eigenvalue weighted by atomic mass is 10.2. The maximum atomic E-state index is 14.2. The Balaban J connectivity index is 2.04. The highest BCUT2D eigenvalue weighted by molar-refractivity contribution is 7.90. The summed E-state index contributed by atoms with van der Waals surface area (Å²) in [6.07, 6.45) is 1.46. The molecule has 0 bridgehead atoms. The summed E-state index contributed by atoms with van der Waals surface area (Å²) in [7, 11) is -3.92. The molecule has 31 heavy (non-hydrogen) atoms. The number of para-hydroxylation sites is 1. The maximum Gasteiger partial charge on any atom is 0.242 e. The number of carbonyl (C=O) groups excluding carboxylic acids is 1. The zero-order chi connectivity index (χ0) is 22.9. The second-order valence-corrected chi connectivity index (χ2v) is 10.5. The highest BCUT2D eigenvalue weighted by Crippen LogP contribution is 2.30. The van der Waals surface area contributed by atoms with Crippen molar-refractivity contribution >= 4 is 38.2 Å². The SMILES string of the molecule is CC(C)N(C(=O)Cn1cc(S(=O)(=O)Cc2c(F)cccc2Cl)c2ccccc21)C(C)C. The van der Waals surface area contributed by atoms with Crippen molar-refractivity contribution in [2.24, 2.45) is 0 Å². The molecule has 3 aromatic rings. The van der Waals surface area contributed by atoms with Gasteiger partial charge in [-0.25, -0.2) is 12.8 Å². The second-order valence-electron chi connectivity index (χ2n) is 8.09. The van der Waals surface area contributed by atoms with Crippen LogP contribution in [-0.4, -0.2) is 35.9 Å². The minimum Gasteiger partial charge on any atom is -0.337 e. The molecule has 0 aliphatic rings. The van der Waals surface area contributed by atoms with E-state index in [0.29, 0.717) is 10.9 Å². The molecular weight excluding hydrogens is 439 g/mol. The van der Waals surface area contributed by atoms with Crippen LogP contribution in [0, 0.1) is 5.82 Å². The van der Waals surface area contributed by atoms with Crippen LogP contribution in [0.3, 0.4) is 0 Å². The topological polar surface area (TPSA) is 59.4 Å². The molecule has 1 heterocycles. The lowest BCUT2D eigenvalue weighted by Gasteiger charge is -2.31. The van der Waals surface area contributed by atoms with E-state index >= 15 is 0 Å². The van der Waals surface area contributed by atoms with Gasteiger partial charge in [-0.15, -0.1) is 0 Å². The third kappa shape index (κ3) is 4.77. The number of benzene rings is 2. The smallest absolute Gasteiger partial charge is 0.242 e. The molecule has 0 saturated carbocycles. The monoisotopic (exact) mass is 464 g/mol. The number of halogens is 2.